The van der Waals surface area contributed by atoms with Gasteiger partial charge in [-0.25, -0.2) is 0 Å². The maximum atomic E-state index is 14.8. The molecule has 0 heterocycles. The summed E-state index contributed by atoms with van der Waals surface area (Å²) < 4.78 is 87.6. The second-order valence-electron chi connectivity index (χ2n) is 7.93. The molecule has 1 saturated carbocycles. The van der Waals surface area contributed by atoms with E-state index in [1.54, 1.807) is 0 Å². The molecule has 1 aliphatic rings. The third-order valence-corrected chi connectivity index (χ3v) is 6.11. The van der Waals surface area contributed by atoms with Crippen molar-refractivity contribution in [1.82, 2.24) is 0 Å². The third-order valence-electron chi connectivity index (χ3n) is 6.11. The molecule has 0 saturated heterocycles. The Morgan fingerprint density at radius 2 is 1.41 bits per heavy atom. The number of hydrogen-bond donors (Lipinski definition) is 5. The van der Waals surface area contributed by atoms with Crippen LogP contribution >= 0.6 is 9.90 Å². The van der Waals surface area contributed by atoms with Gasteiger partial charge in [0.1, 0.15) is 11.0 Å². The van der Waals surface area contributed by atoms with E-state index in [2.05, 4.69) is 0 Å². The summed E-state index contributed by atoms with van der Waals surface area (Å²) in [5.74, 6) is -2.45. The Balaban J connectivity index is 0.00000363. The molecule has 0 spiro atoms. The summed E-state index contributed by atoms with van der Waals surface area (Å²) in [4.78, 5) is 0. The molecule has 2 aromatic carbocycles. The molecule has 0 aliphatic heterocycles. The van der Waals surface area contributed by atoms with Crippen LogP contribution in [-0.4, -0.2) is 35.1 Å². The van der Waals surface area contributed by atoms with E-state index in [1.807, 2.05) is 0 Å². The molecule has 178 valence electrons. The normalized spacial score (nSPS) is 31.1. The number of benzene rings is 2. The first-order chi connectivity index (χ1) is 14.2. The molecule has 32 heavy (non-hydrogen) atoms. The van der Waals surface area contributed by atoms with Gasteiger partial charge in [-0.1, -0.05) is 24.3 Å². The zero-order valence-electron chi connectivity index (χ0n) is 16.8. The largest absolute Gasteiger partial charge is 0.408 e. The van der Waals surface area contributed by atoms with Crippen LogP contribution in [0.5, 0.6) is 0 Å². The van der Waals surface area contributed by atoms with Crippen LogP contribution in [0.15, 0.2) is 48.5 Å². The van der Waals surface area contributed by atoms with Crippen LogP contribution in [0.3, 0.4) is 0 Å². The Labute approximate surface area is 183 Å². The second-order valence-corrected chi connectivity index (χ2v) is 7.93. The lowest BCUT2D eigenvalue weighted by molar-refractivity contribution is -0.267. The van der Waals surface area contributed by atoms with E-state index in [0.29, 0.717) is 0 Å². The van der Waals surface area contributed by atoms with E-state index in [4.69, 9.17) is 22.9 Å². The average molecular weight is 482 g/mol. The molecule has 1 fully saturated rings. The fourth-order valence-electron chi connectivity index (χ4n) is 4.69. The van der Waals surface area contributed by atoms with E-state index in [0.717, 1.165) is 24.3 Å². The maximum absolute atomic E-state index is 14.8. The molecule has 6 atom stereocenters. The standard InChI is InChI=1S/C20H22F6N4O.H3P/c21-19(22,23)17(11-4-2-6-13(28)8-11)9-14(31)16(29)18(30,20(24,25)26)15(17)10-3-1-5-12(27)7-10;/h1-8,14-16,31H,9,27-30H2;1H3. The molecular formula is C20H25F6N4OP. The van der Waals surface area contributed by atoms with E-state index < -0.39 is 58.9 Å². The lowest BCUT2D eigenvalue weighted by Crippen LogP contribution is -2.79. The Bertz CT molecular complexity index is 972. The lowest BCUT2D eigenvalue weighted by atomic mass is 9.51. The van der Waals surface area contributed by atoms with Gasteiger partial charge in [0.25, 0.3) is 0 Å². The first-order valence-corrected chi connectivity index (χ1v) is 9.23. The summed E-state index contributed by atoms with van der Waals surface area (Å²) in [6, 6.07) is 6.88. The summed E-state index contributed by atoms with van der Waals surface area (Å²) in [5, 5.41) is 10.4. The number of hydrogen-bond acceptors (Lipinski definition) is 5. The van der Waals surface area contributed by atoms with Gasteiger partial charge in [0.05, 0.1) is 12.1 Å². The number of alkyl halides is 6. The van der Waals surface area contributed by atoms with Gasteiger partial charge in [-0.15, -0.1) is 0 Å². The van der Waals surface area contributed by atoms with Crippen LogP contribution in [0.2, 0.25) is 0 Å². The lowest BCUT2D eigenvalue weighted by Gasteiger charge is -2.58. The van der Waals surface area contributed by atoms with Gasteiger partial charge in [-0.2, -0.15) is 36.2 Å². The van der Waals surface area contributed by atoms with Crippen molar-refractivity contribution in [3.63, 3.8) is 0 Å². The van der Waals surface area contributed by atoms with Gasteiger partial charge in [0.2, 0.25) is 0 Å². The number of aliphatic hydroxyl groups excluding tert-OH is 1. The number of anilines is 2. The zero-order chi connectivity index (χ0) is 23.4. The van der Waals surface area contributed by atoms with Crippen LogP contribution < -0.4 is 22.9 Å². The minimum atomic E-state index is -5.40. The van der Waals surface area contributed by atoms with Crippen LogP contribution in [0.1, 0.15) is 23.5 Å². The smallest absolute Gasteiger partial charge is 0.399 e. The predicted octanol–water partition coefficient (Wildman–Crippen LogP) is 2.84. The fourth-order valence-corrected chi connectivity index (χ4v) is 4.69. The van der Waals surface area contributed by atoms with Crippen LogP contribution in [0, 0.1) is 0 Å². The molecule has 0 bridgehead atoms. The topological polar surface area (TPSA) is 124 Å². The molecule has 0 radical (unpaired) electrons. The summed E-state index contributed by atoms with van der Waals surface area (Å²) in [6.07, 6.45) is -14.0. The number of rotatable bonds is 2. The van der Waals surface area contributed by atoms with Gasteiger partial charge in [0, 0.05) is 17.3 Å². The van der Waals surface area contributed by atoms with Gasteiger partial charge < -0.3 is 28.0 Å². The van der Waals surface area contributed by atoms with Crippen LogP contribution in [0.25, 0.3) is 0 Å². The van der Waals surface area contributed by atoms with Crippen molar-refractivity contribution in [2.24, 2.45) is 11.5 Å². The van der Waals surface area contributed by atoms with Crippen molar-refractivity contribution in [3.05, 3.63) is 59.7 Å². The Morgan fingerprint density at radius 3 is 1.88 bits per heavy atom. The molecule has 0 aromatic heterocycles. The third kappa shape index (κ3) is 3.81. The number of nitrogens with two attached hydrogens (primary N) is 4. The number of halogens is 6. The van der Waals surface area contributed by atoms with Crippen LogP contribution in [0.4, 0.5) is 37.7 Å². The van der Waals surface area contributed by atoms with Crippen molar-refractivity contribution in [1.29, 1.82) is 0 Å². The zero-order valence-corrected chi connectivity index (χ0v) is 18.2. The summed E-state index contributed by atoms with van der Waals surface area (Å²) in [5.41, 5.74) is 14.8. The van der Waals surface area contributed by atoms with E-state index in [1.165, 1.54) is 24.3 Å². The minimum Gasteiger partial charge on any atom is -0.399 e. The van der Waals surface area contributed by atoms with Crippen LogP contribution in [-0.2, 0) is 5.41 Å². The molecular weight excluding hydrogens is 457 g/mol. The first kappa shape index (κ1) is 26.2. The van der Waals surface area contributed by atoms with Crippen molar-refractivity contribution >= 4 is 21.3 Å². The minimum absolute atomic E-state index is 0. The van der Waals surface area contributed by atoms with Crippen molar-refractivity contribution in [3.8, 4) is 0 Å². The molecule has 1 aliphatic carbocycles. The summed E-state index contributed by atoms with van der Waals surface area (Å²) in [7, 11) is 0. The predicted molar refractivity (Wildman–Crippen MR) is 115 cm³/mol. The van der Waals surface area contributed by atoms with Crippen molar-refractivity contribution in [2.45, 2.75) is 47.8 Å². The van der Waals surface area contributed by atoms with Gasteiger partial charge in [-0.05, 0) is 41.8 Å². The second kappa shape index (κ2) is 8.37. The van der Waals surface area contributed by atoms with Gasteiger partial charge in [0.15, 0.2) is 0 Å². The Kier molecular flexibility index (Phi) is 6.85. The van der Waals surface area contributed by atoms with Crippen molar-refractivity contribution in [2.75, 3.05) is 11.5 Å². The SMILES string of the molecule is Nc1cccc(C2C(c3cccc(N)c3)(C(F)(F)F)CC(O)C(N)C2(N)C(F)(F)F)c1.P. The molecule has 9 N–H and O–H groups in total. The first-order valence-electron chi connectivity index (χ1n) is 9.23. The summed E-state index contributed by atoms with van der Waals surface area (Å²) in [6.45, 7) is 0. The van der Waals surface area contributed by atoms with Crippen molar-refractivity contribution < 1.29 is 31.4 Å². The highest BCUT2D eigenvalue weighted by Crippen LogP contribution is 2.63. The Morgan fingerprint density at radius 1 is 0.875 bits per heavy atom. The molecule has 5 nitrogen and oxygen atoms in total. The van der Waals surface area contributed by atoms with E-state index >= 15 is 0 Å². The van der Waals surface area contributed by atoms with Gasteiger partial charge in [-0.3, -0.25) is 0 Å². The molecule has 3 rings (SSSR count). The fraction of sp³-hybridized carbons (Fsp3) is 0.400. The Hall–Kier alpha value is -2.07. The molecule has 6 unspecified atom stereocenters. The molecule has 2 aromatic rings. The maximum Gasteiger partial charge on any atom is 0.408 e. The van der Waals surface area contributed by atoms with Gasteiger partial charge >= 0.3 is 12.4 Å². The highest BCUT2D eigenvalue weighted by molar-refractivity contribution is 6.92. The monoisotopic (exact) mass is 482 g/mol. The van der Waals surface area contributed by atoms with E-state index in [-0.39, 0.29) is 21.3 Å². The average Bonchev–Trinajstić information content (AvgIpc) is 2.63. The quantitative estimate of drug-likeness (QED) is 0.256. The molecule has 12 heteroatoms. The number of aliphatic hydroxyl groups is 1. The molecule has 0 amide bonds. The highest BCUT2D eigenvalue weighted by atomic mass is 31.0. The summed E-state index contributed by atoms with van der Waals surface area (Å²) >= 11 is 0. The highest BCUT2D eigenvalue weighted by Gasteiger charge is 2.76. The number of nitrogen functional groups attached to an aromatic ring is 2. The van der Waals surface area contributed by atoms with E-state index in [9.17, 15) is 31.4 Å².